The summed E-state index contributed by atoms with van der Waals surface area (Å²) in [5.74, 6) is 0.885. The Hall–Kier alpha value is -1.83. The Balaban J connectivity index is 0.972. The Labute approximate surface area is 312 Å². The number of likely N-dealkylation sites (tertiary alicyclic amines) is 1. The molecule has 0 aromatic carbocycles. The minimum Gasteiger partial charge on any atom is -0.446 e. The third kappa shape index (κ3) is 5.52. The lowest BCUT2D eigenvalue weighted by Gasteiger charge is -2.63. The predicted octanol–water partition coefficient (Wildman–Crippen LogP) is 6.04. The molecule has 0 bridgehead atoms. The van der Waals surface area contributed by atoms with Crippen molar-refractivity contribution in [2.75, 3.05) is 45.8 Å². The second-order valence-electron chi connectivity index (χ2n) is 19.9. The third-order valence-corrected chi connectivity index (χ3v) is 16.9. The van der Waals surface area contributed by atoms with Crippen LogP contribution in [0.4, 0.5) is 22.8 Å². The molecule has 8 fully saturated rings. The second kappa shape index (κ2) is 12.6. The standard InChI is InChI=1S/C40H63F3N4O6/c1-23(2)30(53-34(50)46-14-7-15-46)25-20-24(3)29-31(51-25)32(48)40(44)27-9-8-26-35(4,5)28(10-11-37(26)21-38(27,37)13-12-36(29,40)6)52-33(49)47-18-16-45(17-19-47)22-39(41,42)43/h23-32,48H,7-22,44H2,1-6H3/t24-,25?,26+,27?,28+,29+,30-,31?,32+,36-,37?,38+,40+/m1/s1. The Kier molecular flexibility index (Phi) is 9.04. The van der Waals surface area contributed by atoms with Crippen LogP contribution < -0.4 is 5.73 Å². The highest BCUT2D eigenvalue weighted by atomic mass is 19.4. The number of piperazine rings is 1. The van der Waals surface area contributed by atoms with E-state index in [2.05, 4.69) is 41.5 Å². The first-order valence-corrected chi connectivity index (χ1v) is 20.6. The van der Waals surface area contributed by atoms with Gasteiger partial charge >= 0.3 is 18.4 Å². The van der Waals surface area contributed by atoms with E-state index < -0.39 is 42.7 Å². The molecule has 8 rings (SSSR count). The summed E-state index contributed by atoms with van der Waals surface area (Å²) >= 11 is 0. The van der Waals surface area contributed by atoms with E-state index in [9.17, 15) is 27.9 Å². The highest BCUT2D eigenvalue weighted by Gasteiger charge is 2.85. The number of hydrogen-bond acceptors (Lipinski definition) is 8. The lowest BCUT2D eigenvalue weighted by molar-refractivity contribution is -0.180. The summed E-state index contributed by atoms with van der Waals surface area (Å²) in [5, 5.41) is 12.5. The molecule has 8 aliphatic rings. The number of halogens is 3. The molecule has 3 aliphatic heterocycles. The van der Waals surface area contributed by atoms with Crippen molar-refractivity contribution in [1.29, 1.82) is 0 Å². The minimum atomic E-state index is -4.25. The molecule has 0 aromatic rings. The summed E-state index contributed by atoms with van der Waals surface area (Å²) in [6, 6.07) is 0. The number of carbonyl (C=O) groups is 2. The first-order chi connectivity index (χ1) is 24.8. The molecule has 3 N–H and O–H groups in total. The normalized spacial score (nSPS) is 46.6. The van der Waals surface area contributed by atoms with Gasteiger partial charge in [-0.1, -0.05) is 41.5 Å². The van der Waals surface area contributed by atoms with E-state index >= 15 is 0 Å². The largest absolute Gasteiger partial charge is 0.446 e. The first kappa shape index (κ1) is 38.1. The fraction of sp³-hybridized carbons (Fsp3) is 0.950. The smallest absolute Gasteiger partial charge is 0.410 e. The maximum atomic E-state index is 13.4. The number of amides is 2. The van der Waals surface area contributed by atoms with Crippen LogP contribution in [0.2, 0.25) is 0 Å². The number of ether oxygens (including phenoxy) is 3. The number of rotatable bonds is 5. The number of aliphatic hydroxyl groups excluding tert-OH is 1. The van der Waals surface area contributed by atoms with Gasteiger partial charge in [-0.2, -0.15) is 13.2 Å². The average Bonchev–Trinajstić information content (AvgIpc) is 3.68. The van der Waals surface area contributed by atoms with Crippen molar-refractivity contribution in [3.8, 4) is 0 Å². The van der Waals surface area contributed by atoms with Gasteiger partial charge in [0.25, 0.3) is 0 Å². The summed E-state index contributed by atoms with van der Waals surface area (Å²) in [5.41, 5.74) is 6.50. The second-order valence-corrected chi connectivity index (χ2v) is 19.9. The van der Waals surface area contributed by atoms with Gasteiger partial charge in [-0.3, -0.25) is 4.90 Å². The Morgan fingerprint density at radius 2 is 1.57 bits per heavy atom. The van der Waals surface area contributed by atoms with Crippen LogP contribution in [0.1, 0.15) is 99.3 Å². The van der Waals surface area contributed by atoms with Gasteiger partial charge in [0.2, 0.25) is 0 Å². The van der Waals surface area contributed by atoms with E-state index in [1.165, 1.54) is 4.90 Å². The van der Waals surface area contributed by atoms with Gasteiger partial charge in [0.1, 0.15) is 12.2 Å². The van der Waals surface area contributed by atoms with Crippen molar-refractivity contribution in [2.45, 2.75) is 142 Å². The van der Waals surface area contributed by atoms with E-state index in [0.29, 0.717) is 5.92 Å². The molecule has 2 amide bonds. The molecule has 53 heavy (non-hydrogen) atoms. The molecule has 3 saturated heterocycles. The van der Waals surface area contributed by atoms with Crippen molar-refractivity contribution in [2.24, 2.45) is 57.0 Å². The van der Waals surface area contributed by atoms with Crippen molar-refractivity contribution >= 4 is 12.2 Å². The number of fused-ring (bicyclic) bond motifs is 4. The minimum absolute atomic E-state index is 0.0234. The predicted molar refractivity (Wildman–Crippen MR) is 191 cm³/mol. The van der Waals surface area contributed by atoms with Gasteiger partial charge < -0.3 is 34.9 Å². The van der Waals surface area contributed by atoms with E-state index in [1.807, 2.05) is 0 Å². The molecule has 3 heterocycles. The topological polar surface area (TPSA) is 118 Å². The molecular formula is C40H63F3N4O6. The molecule has 13 heteroatoms. The lowest BCUT2D eigenvalue weighted by Crippen LogP contribution is -2.70. The van der Waals surface area contributed by atoms with Gasteiger partial charge in [0, 0.05) is 44.7 Å². The van der Waals surface area contributed by atoms with Crippen LogP contribution in [0, 0.1) is 51.2 Å². The lowest BCUT2D eigenvalue weighted by atomic mass is 9.43. The Bertz CT molecular complexity index is 1450. The van der Waals surface area contributed by atoms with E-state index in [0.717, 1.165) is 70.9 Å². The quantitative estimate of drug-likeness (QED) is 0.349. The molecule has 0 aromatic heterocycles. The zero-order valence-corrected chi connectivity index (χ0v) is 32.6. The van der Waals surface area contributed by atoms with Gasteiger partial charge in [-0.15, -0.1) is 0 Å². The third-order valence-electron chi connectivity index (χ3n) is 16.9. The molecule has 5 saturated carbocycles. The SMILES string of the molecule is CC(C)[C@@H](OC(=O)N1CCC1)C1C[C@@H](C)[C@H]2C(O1)[C@H](O)[C@@]1(N)C3CC[C@H]4C(C)(C)[C@@H](OC(=O)N5CCN(CC(F)(F)F)CC5)CCC45C[C@@]35CC[C@]21C. The molecule has 300 valence electrons. The fourth-order valence-corrected chi connectivity index (χ4v) is 14.2. The highest BCUT2D eigenvalue weighted by molar-refractivity contribution is 5.69. The molecule has 2 spiro atoms. The summed E-state index contributed by atoms with van der Waals surface area (Å²) in [6.07, 6.45) is 1.19. The van der Waals surface area contributed by atoms with Gasteiger partial charge in [0.15, 0.2) is 0 Å². The van der Waals surface area contributed by atoms with E-state index in [1.54, 1.807) is 9.80 Å². The van der Waals surface area contributed by atoms with E-state index in [4.69, 9.17) is 19.9 Å². The van der Waals surface area contributed by atoms with Gasteiger partial charge in [0.05, 0.1) is 30.4 Å². The molecule has 5 aliphatic carbocycles. The average molecular weight is 753 g/mol. The molecule has 13 atom stereocenters. The Morgan fingerprint density at radius 1 is 0.925 bits per heavy atom. The van der Waals surface area contributed by atoms with Crippen LogP contribution in [-0.4, -0.2) is 120 Å². The van der Waals surface area contributed by atoms with Crippen LogP contribution in [-0.2, 0) is 14.2 Å². The van der Waals surface area contributed by atoms with Crippen LogP contribution >= 0.6 is 0 Å². The number of alkyl halides is 3. The van der Waals surface area contributed by atoms with Crippen LogP contribution in [0.5, 0.6) is 0 Å². The molecule has 0 radical (unpaired) electrons. The number of hydrogen-bond donors (Lipinski definition) is 2. The number of nitrogens with zero attached hydrogens (tertiary/aromatic N) is 3. The van der Waals surface area contributed by atoms with E-state index in [-0.39, 0.29) is 89.8 Å². The van der Waals surface area contributed by atoms with Crippen molar-refractivity contribution in [1.82, 2.24) is 14.7 Å². The van der Waals surface area contributed by atoms with Crippen LogP contribution in [0.25, 0.3) is 0 Å². The maximum absolute atomic E-state index is 13.4. The molecule has 4 unspecified atom stereocenters. The molecular weight excluding hydrogens is 689 g/mol. The number of nitrogens with two attached hydrogens (primary N) is 1. The first-order valence-electron chi connectivity index (χ1n) is 20.6. The zero-order chi connectivity index (χ0) is 38.1. The van der Waals surface area contributed by atoms with Crippen LogP contribution in [0.3, 0.4) is 0 Å². The van der Waals surface area contributed by atoms with Crippen LogP contribution in [0.15, 0.2) is 0 Å². The summed E-state index contributed by atoms with van der Waals surface area (Å²) < 4.78 is 58.0. The summed E-state index contributed by atoms with van der Waals surface area (Å²) in [7, 11) is 0. The molecule has 10 nitrogen and oxygen atoms in total. The van der Waals surface area contributed by atoms with Gasteiger partial charge in [-0.25, -0.2) is 9.59 Å². The Morgan fingerprint density at radius 3 is 2.19 bits per heavy atom. The number of carbonyl (C=O) groups excluding carboxylic acids is 2. The van der Waals surface area contributed by atoms with Crippen molar-refractivity contribution in [3.05, 3.63) is 0 Å². The fourth-order valence-electron chi connectivity index (χ4n) is 14.2. The monoisotopic (exact) mass is 752 g/mol. The maximum Gasteiger partial charge on any atom is 0.410 e. The van der Waals surface area contributed by atoms with Crippen molar-refractivity contribution < 1.29 is 42.1 Å². The highest BCUT2D eigenvalue weighted by Crippen LogP contribution is 2.87. The number of aliphatic hydroxyl groups is 1. The summed E-state index contributed by atoms with van der Waals surface area (Å²) in [4.78, 5) is 31.0. The zero-order valence-electron chi connectivity index (χ0n) is 32.6. The summed E-state index contributed by atoms with van der Waals surface area (Å²) in [6.45, 7) is 14.5. The van der Waals surface area contributed by atoms with Crippen molar-refractivity contribution in [3.63, 3.8) is 0 Å². The van der Waals surface area contributed by atoms with Gasteiger partial charge in [-0.05, 0) is 104 Å².